The van der Waals surface area contributed by atoms with Crippen LogP contribution >= 0.6 is 0 Å². The van der Waals surface area contributed by atoms with Crippen molar-refractivity contribution in [3.63, 3.8) is 0 Å². The Balaban J connectivity index is 1.51. The van der Waals surface area contributed by atoms with E-state index < -0.39 is 26.1 Å². The molecular formula is C33H47N5O6Si. The van der Waals surface area contributed by atoms with E-state index in [0.717, 1.165) is 24.1 Å². The molecular weight excluding hydrogens is 590 g/mol. The molecule has 0 radical (unpaired) electrons. The molecule has 4 atom stereocenters. The van der Waals surface area contributed by atoms with Gasteiger partial charge in [-0.1, -0.05) is 35.4 Å². The normalized spacial score (nSPS) is 25.0. The summed E-state index contributed by atoms with van der Waals surface area (Å²) >= 11 is 0. The highest BCUT2D eigenvalue weighted by Gasteiger charge is 2.66. The van der Waals surface area contributed by atoms with Crippen LogP contribution in [-0.4, -0.2) is 77.6 Å². The zero-order valence-electron chi connectivity index (χ0n) is 27.3. The number of rotatable bonds is 12. The van der Waals surface area contributed by atoms with Crippen LogP contribution in [0.5, 0.6) is 0 Å². The number of ether oxygens (including phenoxy) is 2. The number of allylic oxidation sites excluding steroid dienone is 3. The van der Waals surface area contributed by atoms with Crippen LogP contribution in [0, 0.1) is 5.92 Å². The Morgan fingerprint density at radius 3 is 2.64 bits per heavy atom. The predicted octanol–water partition coefficient (Wildman–Crippen LogP) is 4.70. The van der Waals surface area contributed by atoms with Crippen LogP contribution in [0.25, 0.3) is 0 Å². The molecule has 0 unspecified atom stereocenters. The molecule has 0 aliphatic carbocycles. The lowest BCUT2D eigenvalue weighted by molar-refractivity contribution is -0.145. The van der Waals surface area contributed by atoms with Crippen molar-refractivity contribution in [3.8, 4) is 0 Å². The zero-order chi connectivity index (χ0) is 32.5. The number of aromatic nitrogens is 3. The fourth-order valence-corrected chi connectivity index (χ4v) is 9.79. The largest absolute Gasteiger partial charge is 0.447 e. The van der Waals surface area contributed by atoms with Crippen molar-refractivity contribution in [2.45, 2.75) is 90.3 Å². The Bertz CT molecular complexity index is 1480. The molecule has 1 spiro atoms. The molecule has 4 heterocycles. The molecule has 0 bridgehead atoms. The van der Waals surface area contributed by atoms with E-state index in [-0.39, 0.29) is 24.0 Å². The maximum atomic E-state index is 14.7. The van der Waals surface area contributed by atoms with Gasteiger partial charge in [-0.25, -0.2) is 4.79 Å². The van der Waals surface area contributed by atoms with Crippen molar-refractivity contribution >= 4 is 31.7 Å². The predicted molar refractivity (Wildman–Crippen MR) is 175 cm³/mol. The monoisotopic (exact) mass is 637 g/mol. The van der Waals surface area contributed by atoms with Crippen LogP contribution < -0.4 is 9.80 Å². The third-order valence-corrected chi connectivity index (χ3v) is 11.9. The lowest BCUT2D eigenvalue weighted by Crippen LogP contribution is -2.46. The second-order valence-electron chi connectivity index (χ2n) is 13.3. The quantitative estimate of drug-likeness (QED) is 0.253. The van der Waals surface area contributed by atoms with Gasteiger partial charge in [0, 0.05) is 55.0 Å². The highest BCUT2D eigenvalue weighted by Crippen LogP contribution is 2.60. The fraction of sp³-hybridized carbons (Fsp3) is 0.576. The standard InChI is InChI=1S/C33H47N5O6Si/c1-22(2)8-7-9-23(3)12-16-38-28-11-10-26(37-17-19-43-32(37)41)20-27(28)33(31(38)40)24(4)30(45(5,6)42)29(44-33)13-15-36-21-25(14-18-39)34-35-36/h8,10-12,20-21,24,29-30,39,42H,7,9,13-19H2,1-6H3/b23-12+/t24-,29+,30-,33+/m1/s1. The summed E-state index contributed by atoms with van der Waals surface area (Å²) in [5.41, 5.74) is 3.79. The van der Waals surface area contributed by atoms with Gasteiger partial charge in [-0.15, -0.1) is 5.10 Å². The number of carbonyl (C=O) groups excluding carboxylic acids is 2. The molecule has 45 heavy (non-hydrogen) atoms. The number of aryl methyl sites for hydroxylation is 1. The first-order valence-corrected chi connectivity index (χ1v) is 19.0. The molecule has 2 aromatic rings. The highest BCUT2D eigenvalue weighted by molar-refractivity contribution is 6.71. The minimum atomic E-state index is -2.85. The summed E-state index contributed by atoms with van der Waals surface area (Å²) in [5.74, 6) is -0.467. The van der Waals surface area contributed by atoms with E-state index in [1.54, 1.807) is 14.5 Å². The van der Waals surface area contributed by atoms with Gasteiger partial charge in [-0.3, -0.25) is 14.4 Å². The minimum Gasteiger partial charge on any atom is -0.447 e. The summed E-state index contributed by atoms with van der Waals surface area (Å²) in [6, 6.07) is 5.68. The van der Waals surface area contributed by atoms with Gasteiger partial charge in [0.15, 0.2) is 13.9 Å². The number of hydrogen-bond donors (Lipinski definition) is 2. The first kappa shape index (κ1) is 33.1. The molecule has 0 saturated carbocycles. The van der Waals surface area contributed by atoms with E-state index in [9.17, 15) is 19.5 Å². The number of nitrogens with zero attached hydrogens (tertiary/aromatic N) is 5. The number of aliphatic hydroxyl groups excluding tert-OH is 1. The average molecular weight is 638 g/mol. The summed E-state index contributed by atoms with van der Waals surface area (Å²) < 4.78 is 13.9. The molecule has 3 aliphatic heterocycles. The Morgan fingerprint density at radius 1 is 1.20 bits per heavy atom. The van der Waals surface area contributed by atoms with Crippen molar-refractivity contribution in [2.24, 2.45) is 5.92 Å². The molecule has 2 fully saturated rings. The van der Waals surface area contributed by atoms with E-state index in [4.69, 9.17) is 9.47 Å². The van der Waals surface area contributed by atoms with Gasteiger partial charge in [-0.05, 0) is 71.3 Å². The smallest absolute Gasteiger partial charge is 0.414 e. The molecule has 2 N–H and O–H groups in total. The lowest BCUT2D eigenvalue weighted by atomic mass is 9.82. The molecule has 1 aromatic carbocycles. The van der Waals surface area contributed by atoms with Gasteiger partial charge in [0.2, 0.25) is 0 Å². The van der Waals surface area contributed by atoms with Gasteiger partial charge in [0.05, 0.1) is 24.0 Å². The number of amides is 2. The van der Waals surface area contributed by atoms with Crippen LogP contribution in [0.2, 0.25) is 18.6 Å². The van der Waals surface area contributed by atoms with Gasteiger partial charge < -0.3 is 24.3 Å². The summed E-state index contributed by atoms with van der Waals surface area (Å²) in [6.45, 7) is 13.7. The van der Waals surface area contributed by atoms with E-state index in [1.165, 1.54) is 11.1 Å². The van der Waals surface area contributed by atoms with E-state index >= 15 is 0 Å². The molecule has 2 saturated heterocycles. The SMILES string of the molecule is CC(C)=CCC/C(C)=C/CN1C(=O)[C@@]2(O[C@@H](CCn3cc(CCO)nn3)[C@H]([Si](C)(C)O)[C@H]2C)c2cc(N3CCOC3=O)ccc21. The Labute approximate surface area is 266 Å². The molecule has 244 valence electrons. The maximum absolute atomic E-state index is 14.7. The van der Waals surface area contributed by atoms with Gasteiger partial charge in [0.1, 0.15) is 6.61 Å². The molecule has 3 aliphatic rings. The topological polar surface area (TPSA) is 130 Å². The summed E-state index contributed by atoms with van der Waals surface area (Å²) in [6.07, 6.45) is 8.13. The van der Waals surface area contributed by atoms with Crippen LogP contribution in [-0.2, 0) is 32.8 Å². The van der Waals surface area contributed by atoms with Crippen molar-refractivity contribution in [2.75, 3.05) is 36.1 Å². The molecule has 11 nitrogen and oxygen atoms in total. The van der Waals surface area contributed by atoms with Crippen LogP contribution in [0.1, 0.15) is 58.2 Å². The second kappa shape index (κ2) is 13.2. The zero-order valence-corrected chi connectivity index (χ0v) is 28.3. The number of hydrogen-bond acceptors (Lipinski definition) is 8. The number of fused-ring (bicyclic) bond motifs is 2. The lowest BCUT2D eigenvalue weighted by Gasteiger charge is -2.32. The number of benzene rings is 1. The second-order valence-corrected chi connectivity index (χ2v) is 17.3. The first-order valence-electron chi connectivity index (χ1n) is 16.0. The van der Waals surface area contributed by atoms with Gasteiger partial charge in [0.25, 0.3) is 5.91 Å². The third kappa shape index (κ3) is 6.51. The summed E-state index contributed by atoms with van der Waals surface area (Å²) in [4.78, 5) is 42.2. The van der Waals surface area contributed by atoms with E-state index in [2.05, 4.69) is 43.2 Å². The average Bonchev–Trinajstić information content (AvgIpc) is 3.73. The van der Waals surface area contributed by atoms with Crippen LogP contribution in [0.3, 0.4) is 0 Å². The summed E-state index contributed by atoms with van der Waals surface area (Å²) in [7, 11) is -2.85. The van der Waals surface area contributed by atoms with Gasteiger partial charge in [-0.2, -0.15) is 0 Å². The number of anilines is 2. The third-order valence-electron chi connectivity index (χ3n) is 9.35. The van der Waals surface area contributed by atoms with Crippen molar-refractivity contribution < 1.29 is 29.0 Å². The van der Waals surface area contributed by atoms with Crippen molar-refractivity contribution in [1.29, 1.82) is 0 Å². The summed E-state index contributed by atoms with van der Waals surface area (Å²) in [5, 5.41) is 17.6. The van der Waals surface area contributed by atoms with E-state index in [1.807, 2.05) is 44.4 Å². The van der Waals surface area contributed by atoms with Crippen LogP contribution in [0.4, 0.5) is 16.2 Å². The number of carbonyl (C=O) groups is 2. The Hall–Kier alpha value is -3.32. The van der Waals surface area contributed by atoms with Crippen molar-refractivity contribution in [3.05, 3.63) is 59.0 Å². The number of cyclic esters (lactones) is 1. The Kier molecular flexibility index (Phi) is 9.69. The fourth-order valence-electron chi connectivity index (χ4n) is 7.19. The molecule has 1 aromatic heterocycles. The number of aliphatic hydroxyl groups is 1. The minimum absolute atomic E-state index is 0.00380. The Morgan fingerprint density at radius 2 is 1.98 bits per heavy atom. The highest BCUT2D eigenvalue weighted by atomic mass is 28.4. The molecule has 5 rings (SSSR count). The first-order chi connectivity index (χ1) is 21.4. The van der Waals surface area contributed by atoms with Gasteiger partial charge >= 0.3 is 6.09 Å². The maximum Gasteiger partial charge on any atom is 0.414 e. The van der Waals surface area contributed by atoms with E-state index in [0.29, 0.717) is 50.5 Å². The molecule has 2 amide bonds. The van der Waals surface area contributed by atoms with Crippen LogP contribution in [0.15, 0.2) is 47.7 Å². The molecule has 12 heteroatoms. The van der Waals surface area contributed by atoms with Crippen molar-refractivity contribution in [1.82, 2.24) is 15.0 Å².